The number of rotatable bonds is 15. The Morgan fingerprint density at radius 1 is 0.536 bits per heavy atom. The van der Waals surface area contributed by atoms with E-state index >= 15 is 0 Å². The third-order valence-corrected chi connectivity index (χ3v) is 17.8. The molecule has 0 unspecified atom stereocenters. The van der Waals surface area contributed by atoms with Crippen molar-refractivity contribution in [3.05, 3.63) is 57.6 Å². The highest BCUT2D eigenvalue weighted by Crippen LogP contribution is 2.58. The molecular formula is C50H74N4O2. The average Bonchev–Trinajstić information content (AvgIpc) is 3.17. The first-order valence-corrected chi connectivity index (χ1v) is 24.1. The molecular weight excluding hydrogens is 689 g/mol. The van der Waals surface area contributed by atoms with E-state index in [9.17, 15) is 10.2 Å². The summed E-state index contributed by atoms with van der Waals surface area (Å²) < 4.78 is 0. The number of unbranched alkanes of at least 4 members (excludes halogenated alkanes) is 3. The summed E-state index contributed by atoms with van der Waals surface area (Å²) in [6, 6.07) is 10.7. The van der Waals surface area contributed by atoms with Crippen LogP contribution >= 0.6 is 0 Å². The van der Waals surface area contributed by atoms with Crippen molar-refractivity contribution in [3.8, 4) is 11.5 Å². The predicted octanol–water partition coefficient (Wildman–Crippen LogP) is 9.25. The quantitative estimate of drug-likeness (QED) is 0.136. The molecule has 306 valence electrons. The molecule has 6 nitrogen and oxygen atoms in total. The van der Waals surface area contributed by atoms with Crippen molar-refractivity contribution in [2.75, 3.05) is 39.3 Å². The number of fused-ring (bicyclic) bond motifs is 2. The number of hydrogen-bond donors (Lipinski definition) is 4. The lowest BCUT2D eigenvalue weighted by Crippen LogP contribution is -2.61. The Morgan fingerprint density at radius 2 is 1.00 bits per heavy atom. The molecule has 2 heterocycles. The van der Waals surface area contributed by atoms with Gasteiger partial charge in [-0.15, -0.1) is 0 Å². The largest absolute Gasteiger partial charge is 0.508 e. The lowest BCUT2D eigenvalue weighted by atomic mass is 9.52. The lowest BCUT2D eigenvalue weighted by Gasteiger charge is -2.59. The number of phenols is 2. The van der Waals surface area contributed by atoms with Crippen LogP contribution in [-0.2, 0) is 36.8 Å². The predicted molar refractivity (Wildman–Crippen MR) is 227 cm³/mol. The van der Waals surface area contributed by atoms with Gasteiger partial charge >= 0.3 is 0 Å². The van der Waals surface area contributed by atoms with Gasteiger partial charge in [-0.1, -0.05) is 63.5 Å². The van der Waals surface area contributed by atoms with Crippen LogP contribution in [0.4, 0.5) is 0 Å². The van der Waals surface area contributed by atoms with Gasteiger partial charge < -0.3 is 20.8 Å². The number of nitrogens with one attached hydrogen (secondary N) is 2. The highest BCUT2D eigenvalue weighted by molar-refractivity contribution is 5.50. The zero-order chi connectivity index (χ0) is 37.7. The summed E-state index contributed by atoms with van der Waals surface area (Å²) >= 11 is 0. The number of hydrogen-bond acceptors (Lipinski definition) is 6. The molecule has 56 heavy (non-hydrogen) atoms. The highest BCUT2D eigenvalue weighted by atomic mass is 16.3. The van der Waals surface area contributed by atoms with E-state index in [2.05, 4.69) is 44.7 Å². The number of nitrogens with zero attached hydrogens (tertiary/aromatic N) is 2. The minimum atomic E-state index is 0.306. The van der Waals surface area contributed by atoms with Crippen molar-refractivity contribution < 1.29 is 10.2 Å². The zero-order valence-corrected chi connectivity index (χ0v) is 34.8. The summed E-state index contributed by atoms with van der Waals surface area (Å²) in [7, 11) is 0. The summed E-state index contributed by atoms with van der Waals surface area (Å²) in [4.78, 5) is 5.83. The third-order valence-electron chi connectivity index (χ3n) is 17.8. The van der Waals surface area contributed by atoms with Gasteiger partial charge in [0, 0.05) is 60.2 Å². The van der Waals surface area contributed by atoms with Crippen molar-refractivity contribution in [2.24, 2.45) is 23.7 Å². The first-order chi connectivity index (χ1) is 27.5. The van der Waals surface area contributed by atoms with Gasteiger partial charge in [-0.2, -0.15) is 0 Å². The molecule has 4 bridgehead atoms. The molecule has 0 aromatic heterocycles. The fourth-order valence-corrected chi connectivity index (χ4v) is 14.4. The molecule has 6 heteroatoms. The minimum Gasteiger partial charge on any atom is -0.508 e. The molecule has 6 aliphatic carbocycles. The molecule has 4 saturated carbocycles. The maximum absolute atomic E-state index is 11.3. The summed E-state index contributed by atoms with van der Waals surface area (Å²) in [5, 5.41) is 30.0. The SMILES string of the molecule is Oc1cc2c(cc1CNCCCCCCNCc1cc3c(cc1O)[C@@]14CCCC[C@H]1[C@@H](C3)N(CC1CCC1)CC4)C[C@@H]1[C@@H]3CCCC[C@]23CCN1CC1CCC1. The van der Waals surface area contributed by atoms with Gasteiger partial charge in [0.15, 0.2) is 0 Å². The molecule has 4 N–H and O–H groups in total. The third kappa shape index (κ3) is 6.96. The van der Waals surface area contributed by atoms with Gasteiger partial charge in [0.25, 0.3) is 0 Å². The van der Waals surface area contributed by atoms with Gasteiger partial charge in [0.2, 0.25) is 0 Å². The van der Waals surface area contributed by atoms with Crippen molar-refractivity contribution in [3.63, 3.8) is 0 Å². The second kappa shape index (κ2) is 16.1. The molecule has 10 rings (SSSR count). The number of piperidine rings is 2. The second-order valence-corrected chi connectivity index (χ2v) is 20.7. The van der Waals surface area contributed by atoms with E-state index in [1.54, 1.807) is 11.1 Å². The maximum Gasteiger partial charge on any atom is 0.120 e. The van der Waals surface area contributed by atoms with Crippen LogP contribution in [0.2, 0.25) is 0 Å². The van der Waals surface area contributed by atoms with E-state index in [0.717, 1.165) is 61.0 Å². The molecule has 0 spiro atoms. The fourth-order valence-electron chi connectivity index (χ4n) is 14.4. The van der Waals surface area contributed by atoms with Gasteiger partial charge in [0.1, 0.15) is 11.5 Å². The van der Waals surface area contributed by atoms with Crippen LogP contribution in [0.3, 0.4) is 0 Å². The highest BCUT2D eigenvalue weighted by Gasteiger charge is 2.55. The van der Waals surface area contributed by atoms with Crippen LogP contribution in [0.25, 0.3) is 0 Å². The number of aromatic hydroxyl groups is 2. The first-order valence-electron chi connectivity index (χ1n) is 24.1. The maximum atomic E-state index is 11.3. The molecule has 2 aromatic carbocycles. The number of benzene rings is 2. The summed E-state index contributed by atoms with van der Waals surface area (Å²) in [6.07, 6.45) is 29.3. The normalized spacial score (nSPS) is 32.8. The molecule has 2 aromatic rings. The van der Waals surface area contributed by atoms with Gasteiger partial charge in [0.05, 0.1) is 0 Å². The van der Waals surface area contributed by atoms with Crippen molar-refractivity contribution in [2.45, 2.75) is 177 Å². The van der Waals surface area contributed by atoms with Gasteiger partial charge in [-0.3, -0.25) is 9.80 Å². The van der Waals surface area contributed by atoms with Crippen molar-refractivity contribution in [1.82, 2.24) is 20.4 Å². The first kappa shape index (κ1) is 38.1. The Labute approximate surface area is 339 Å². The number of phenolic OH excluding ortho intramolecular Hbond substituents is 2. The fraction of sp³-hybridized carbons (Fsp3) is 0.760. The van der Waals surface area contributed by atoms with E-state index in [1.165, 1.54) is 179 Å². The van der Waals surface area contributed by atoms with Crippen LogP contribution in [0.1, 0.15) is 162 Å². The molecule has 2 saturated heterocycles. The number of likely N-dealkylation sites (tertiary alicyclic amines) is 2. The molecule has 0 radical (unpaired) electrons. The average molecular weight is 763 g/mol. The Bertz CT molecular complexity index is 1580. The zero-order valence-electron chi connectivity index (χ0n) is 34.8. The van der Waals surface area contributed by atoms with Crippen LogP contribution < -0.4 is 10.6 Å². The Kier molecular flexibility index (Phi) is 11.0. The van der Waals surface area contributed by atoms with E-state index in [1.807, 2.05) is 0 Å². The molecule has 2 aliphatic heterocycles. The second-order valence-electron chi connectivity index (χ2n) is 20.7. The summed E-state index contributed by atoms with van der Waals surface area (Å²) in [5.74, 6) is 4.48. The minimum absolute atomic E-state index is 0.306. The molecule has 6 fully saturated rings. The van der Waals surface area contributed by atoms with Crippen LogP contribution in [-0.4, -0.2) is 71.4 Å². The molecule has 8 aliphatic rings. The van der Waals surface area contributed by atoms with Crippen LogP contribution in [0, 0.1) is 23.7 Å². The van der Waals surface area contributed by atoms with Crippen LogP contribution in [0.15, 0.2) is 24.3 Å². The van der Waals surface area contributed by atoms with E-state index in [4.69, 9.17) is 0 Å². The Hall–Kier alpha value is -2.12. The van der Waals surface area contributed by atoms with Crippen molar-refractivity contribution >= 4 is 0 Å². The van der Waals surface area contributed by atoms with E-state index < -0.39 is 0 Å². The van der Waals surface area contributed by atoms with Gasteiger partial charge in [-0.25, -0.2) is 0 Å². The summed E-state index contributed by atoms with van der Waals surface area (Å²) in [6.45, 7) is 8.70. The molecule has 6 atom stereocenters. The standard InChI is InChI=1S/C50H74N4O2/c55-47-29-43-37(27-45-41-15-3-5-17-49(41,43)19-23-53(45)33-35-11-9-12-35)25-39(47)31-51-21-7-1-2-8-22-52-32-40-26-38-28-46-42-16-4-6-18-50(42,44(38)30-48(40)56)20-24-54(46)34-36-13-10-14-36/h25-26,29-30,35-36,41-42,45-46,51-52,55-56H,1-24,27-28,31-34H2/t41-,42-,45+,46+,49+,50+/m0/s1. The van der Waals surface area contributed by atoms with Crippen LogP contribution in [0.5, 0.6) is 11.5 Å². The topological polar surface area (TPSA) is 71.0 Å². The Balaban J connectivity index is 0.679. The smallest absolute Gasteiger partial charge is 0.120 e. The lowest BCUT2D eigenvalue weighted by molar-refractivity contribution is -0.0241. The van der Waals surface area contributed by atoms with E-state index in [-0.39, 0.29) is 0 Å². The monoisotopic (exact) mass is 763 g/mol. The Morgan fingerprint density at radius 3 is 1.43 bits per heavy atom. The molecule has 0 amide bonds. The van der Waals surface area contributed by atoms with Crippen molar-refractivity contribution in [1.29, 1.82) is 0 Å². The van der Waals surface area contributed by atoms with Gasteiger partial charge in [-0.05, 0) is 174 Å². The summed E-state index contributed by atoms with van der Waals surface area (Å²) in [5.41, 5.74) is 8.93. The van der Waals surface area contributed by atoms with E-state index in [0.29, 0.717) is 34.4 Å².